The summed E-state index contributed by atoms with van der Waals surface area (Å²) in [5.41, 5.74) is 1.16. The van der Waals surface area contributed by atoms with E-state index in [-0.39, 0.29) is 17.6 Å². The molecule has 1 aromatic rings. The van der Waals surface area contributed by atoms with Gasteiger partial charge in [-0.15, -0.1) is 0 Å². The van der Waals surface area contributed by atoms with Gasteiger partial charge in [-0.25, -0.2) is 12.7 Å². The zero-order valence-corrected chi connectivity index (χ0v) is 20.7. The van der Waals surface area contributed by atoms with Crippen LogP contribution in [0.5, 0.6) is 0 Å². The maximum absolute atomic E-state index is 12.8. The first-order valence-electron chi connectivity index (χ1n) is 12.4. The third kappa shape index (κ3) is 7.85. The topological polar surface area (TPSA) is 69.7 Å². The van der Waals surface area contributed by atoms with Crippen molar-refractivity contribution in [3.8, 4) is 0 Å². The Kier molecular flexibility index (Phi) is 9.56. The Labute approximate surface area is 194 Å². The van der Waals surface area contributed by atoms with Crippen LogP contribution in [0.4, 0.5) is 0 Å². The first-order chi connectivity index (χ1) is 15.3. The van der Waals surface area contributed by atoms with Crippen molar-refractivity contribution in [2.24, 2.45) is 17.8 Å². The molecule has 1 amide bonds. The van der Waals surface area contributed by atoms with Crippen LogP contribution in [0, 0.1) is 17.8 Å². The van der Waals surface area contributed by atoms with E-state index in [4.69, 9.17) is 0 Å². The molecule has 2 aliphatic rings. The first-order valence-corrected chi connectivity index (χ1v) is 14.0. The molecule has 0 aliphatic carbocycles. The second-order valence-electron chi connectivity index (χ2n) is 9.95. The highest BCUT2D eigenvalue weighted by Crippen LogP contribution is 2.22. The van der Waals surface area contributed by atoms with Gasteiger partial charge in [-0.05, 0) is 62.5 Å². The normalized spacial score (nSPS) is 25.5. The number of carbonyl (C=O) groups is 1. The van der Waals surface area contributed by atoms with Crippen molar-refractivity contribution < 1.29 is 13.2 Å². The van der Waals surface area contributed by atoms with Crippen molar-refractivity contribution in [3.05, 3.63) is 35.9 Å². The van der Waals surface area contributed by atoms with Crippen LogP contribution in [-0.2, 0) is 21.2 Å². The molecule has 2 heterocycles. The van der Waals surface area contributed by atoms with Crippen LogP contribution in [0.1, 0.15) is 51.5 Å². The summed E-state index contributed by atoms with van der Waals surface area (Å²) in [6, 6.07) is 9.98. The Morgan fingerprint density at radius 1 is 1.06 bits per heavy atom. The molecule has 0 bridgehead atoms. The van der Waals surface area contributed by atoms with Crippen molar-refractivity contribution >= 4 is 15.9 Å². The van der Waals surface area contributed by atoms with Gasteiger partial charge in [-0.2, -0.15) is 0 Å². The van der Waals surface area contributed by atoms with Gasteiger partial charge in [0.2, 0.25) is 15.9 Å². The van der Waals surface area contributed by atoms with E-state index in [1.807, 2.05) is 30.3 Å². The summed E-state index contributed by atoms with van der Waals surface area (Å²) < 4.78 is 27.2. The van der Waals surface area contributed by atoms with Crippen LogP contribution in [0.3, 0.4) is 0 Å². The number of sulfonamides is 1. The van der Waals surface area contributed by atoms with Crippen LogP contribution in [0.15, 0.2) is 30.3 Å². The average molecular weight is 464 g/mol. The molecule has 2 aliphatic heterocycles. The number of carbonyl (C=O) groups excluding carboxylic acids is 1. The van der Waals surface area contributed by atoms with Gasteiger partial charge in [0.15, 0.2) is 0 Å². The zero-order chi connectivity index (χ0) is 23.0. The Morgan fingerprint density at radius 3 is 2.50 bits per heavy atom. The minimum Gasteiger partial charge on any atom is -0.356 e. The molecular formula is C25H41N3O3S. The van der Waals surface area contributed by atoms with E-state index in [0.717, 1.165) is 62.7 Å². The standard InChI is InChI=1S/C25H41N3O3S/c1-21-17-22(2)19-27(18-21)14-8-13-26-25(29)24-12-6-15-28(20-24)32(30,31)16-7-11-23-9-4-3-5-10-23/h3-5,9-10,21-22,24H,6-8,11-20H2,1-2H3,(H,26,29)/t21-,22-,24+/m1/s1. The molecule has 0 radical (unpaired) electrons. The van der Waals surface area contributed by atoms with Crippen LogP contribution in [0.2, 0.25) is 0 Å². The van der Waals surface area contributed by atoms with Gasteiger partial charge in [-0.1, -0.05) is 44.2 Å². The van der Waals surface area contributed by atoms with E-state index in [1.54, 1.807) is 4.31 Å². The molecule has 2 fully saturated rings. The van der Waals surface area contributed by atoms with Crippen LogP contribution in [-0.4, -0.2) is 68.6 Å². The predicted molar refractivity (Wildman–Crippen MR) is 130 cm³/mol. The summed E-state index contributed by atoms with van der Waals surface area (Å²) >= 11 is 0. The summed E-state index contributed by atoms with van der Waals surface area (Å²) in [5, 5.41) is 3.06. The lowest BCUT2D eigenvalue weighted by Crippen LogP contribution is -2.46. The average Bonchev–Trinajstić information content (AvgIpc) is 2.77. The molecule has 180 valence electrons. The largest absolute Gasteiger partial charge is 0.356 e. The SMILES string of the molecule is C[C@@H]1C[C@@H](C)CN(CCCNC(=O)[C@H]2CCCN(S(=O)(=O)CCCc3ccccc3)C2)C1. The molecule has 2 saturated heterocycles. The Morgan fingerprint density at radius 2 is 1.78 bits per heavy atom. The van der Waals surface area contributed by atoms with Gasteiger partial charge in [0, 0.05) is 32.7 Å². The highest BCUT2D eigenvalue weighted by atomic mass is 32.2. The molecule has 0 spiro atoms. The van der Waals surface area contributed by atoms with E-state index in [1.165, 1.54) is 6.42 Å². The van der Waals surface area contributed by atoms with E-state index >= 15 is 0 Å². The minimum atomic E-state index is -3.32. The summed E-state index contributed by atoms with van der Waals surface area (Å²) in [6.45, 7) is 9.46. The molecule has 3 atom stereocenters. The van der Waals surface area contributed by atoms with Crippen molar-refractivity contribution in [2.45, 2.75) is 52.4 Å². The minimum absolute atomic E-state index is 0.00886. The summed E-state index contributed by atoms with van der Waals surface area (Å²) in [5.74, 6) is 1.41. The number of nitrogens with zero attached hydrogens (tertiary/aromatic N) is 2. The summed E-state index contributed by atoms with van der Waals surface area (Å²) in [6.07, 6.45) is 5.13. The number of hydrogen-bond acceptors (Lipinski definition) is 4. The predicted octanol–water partition coefficient (Wildman–Crippen LogP) is 3.15. The van der Waals surface area contributed by atoms with Gasteiger partial charge < -0.3 is 10.2 Å². The molecule has 6 nitrogen and oxygen atoms in total. The maximum Gasteiger partial charge on any atom is 0.224 e. The molecule has 0 saturated carbocycles. The highest BCUT2D eigenvalue weighted by molar-refractivity contribution is 7.89. The van der Waals surface area contributed by atoms with E-state index < -0.39 is 10.0 Å². The van der Waals surface area contributed by atoms with Crippen molar-refractivity contribution in [2.75, 3.05) is 45.0 Å². The van der Waals surface area contributed by atoms with Crippen LogP contribution >= 0.6 is 0 Å². The molecule has 1 N–H and O–H groups in total. The second kappa shape index (κ2) is 12.1. The third-order valence-electron chi connectivity index (χ3n) is 6.75. The zero-order valence-electron chi connectivity index (χ0n) is 19.8. The second-order valence-corrected chi connectivity index (χ2v) is 12.0. The van der Waals surface area contributed by atoms with Crippen molar-refractivity contribution in [1.82, 2.24) is 14.5 Å². The van der Waals surface area contributed by atoms with Gasteiger partial charge in [0.05, 0.1) is 11.7 Å². The fraction of sp³-hybridized carbons (Fsp3) is 0.720. The maximum atomic E-state index is 12.8. The van der Waals surface area contributed by atoms with Crippen LogP contribution < -0.4 is 5.32 Å². The quantitative estimate of drug-likeness (QED) is 0.541. The Bertz CT molecular complexity index is 805. The summed E-state index contributed by atoms with van der Waals surface area (Å²) in [7, 11) is -3.32. The lowest BCUT2D eigenvalue weighted by Gasteiger charge is -2.35. The van der Waals surface area contributed by atoms with Gasteiger partial charge in [-0.3, -0.25) is 4.79 Å². The lowest BCUT2D eigenvalue weighted by atomic mass is 9.92. The molecule has 32 heavy (non-hydrogen) atoms. The fourth-order valence-corrected chi connectivity index (χ4v) is 6.86. The third-order valence-corrected chi connectivity index (χ3v) is 8.68. The van der Waals surface area contributed by atoms with Crippen LogP contribution in [0.25, 0.3) is 0 Å². The Hall–Kier alpha value is -1.44. The van der Waals surface area contributed by atoms with E-state index in [0.29, 0.717) is 26.1 Å². The first kappa shape index (κ1) is 25.2. The molecule has 0 aromatic heterocycles. The van der Waals surface area contributed by atoms with Gasteiger partial charge in [0.1, 0.15) is 0 Å². The van der Waals surface area contributed by atoms with Gasteiger partial charge >= 0.3 is 0 Å². The molecule has 1 aromatic carbocycles. The number of rotatable bonds is 10. The smallest absolute Gasteiger partial charge is 0.224 e. The van der Waals surface area contributed by atoms with Gasteiger partial charge in [0.25, 0.3) is 0 Å². The molecule has 0 unspecified atom stereocenters. The highest BCUT2D eigenvalue weighted by Gasteiger charge is 2.32. The monoisotopic (exact) mass is 463 g/mol. The number of likely N-dealkylation sites (tertiary alicyclic amines) is 1. The Balaban J connectivity index is 1.37. The number of benzene rings is 1. The van der Waals surface area contributed by atoms with Crippen molar-refractivity contribution in [3.63, 3.8) is 0 Å². The molecule has 7 heteroatoms. The van der Waals surface area contributed by atoms with Crippen molar-refractivity contribution in [1.29, 1.82) is 0 Å². The number of piperidine rings is 2. The fourth-order valence-electron chi connectivity index (χ4n) is 5.27. The number of amides is 1. The number of hydrogen-bond donors (Lipinski definition) is 1. The lowest BCUT2D eigenvalue weighted by molar-refractivity contribution is -0.126. The summed E-state index contributed by atoms with van der Waals surface area (Å²) in [4.78, 5) is 15.2. The van der Waals surface area contributed by atoms with E-state index in [2.05, 4.69) is 24.1 Å². The van der Waals surface area contributed by atoms with E-state index in [9.17, 15) is 13.2 Å². The number of aryl methyl sites for hydroxylation is 1. The molecular weight excluding hydrogens is 422 g/mol. The number of nitrogens with one attached hydrogen (secondary N) is 1. The molecule has 3 rings (SSSR count).